The van der Waals surface area contributed by atoms with Crippen molar-refractivity contribution in [3.05, 3.63) is 54.1 Å². The normalized spacial score (nSPS) is 10.8. The van der Waals surface area contributed by atoms with Gasteiger partial charge in [0.25, 0.3) is 5.91 Å². The molecule has 2 aromatic carbocycles. The van der Waals surface area contributed by atoms with Gasteiger partial charge in [-0.3, -0.25) is 13.9 Å². The number of carbonyl (C=O) groups is 2. The van der Waals surface area contributed by atoms with E-state index in [1.54, 1.807) is 24.3 Å². The average Bonchev–Trinajstić information content (AvgIpc) is 2.59. The lowest BCUT2D eigenvalue weighted by atomic mass is 10.1. The van der Waals surface area contributed by atoms with Crippen LogP contribution in [0.4, 0.5) is 11.4 Å². The maximum atomic E-state index is 12.3. The van der Waals surface area contributed by atoms with Gasteiger partial charge in [0.05, 0.1) is 30.3 Å². The Morgan fingerprint density at radius 1 is 1.12 bits per heavy atom. The van der Waals surface area contributed by atoms with E-state index in [-0.39, 0.29) is 11.3 Å². The number of carbonyl (C=O) groups excluding carboxylic acids is 2. The van der Waals surface area contributed by atoms with Gasteiger partial charge in [-0.2, -0.15) is 0 Å². The molecule has 0 unspecified atom stereocenters. The second-order valence-corrected chi connectivity index (χ2v) is 7.33. The van der Waals surface area contributed by atoms with Crippen LogP contribution in [0, 0.1) is 0 Å². The number of sulfonamides is 1. The standard InChI is InChI=1S/C17H19N3O5S/c1-25-13-9-7-12(8-10-13)20(26(2,23)24)11-16(21)19-15-6-4-3-5-14(15)17(18)22/h3-10H,11H2,1-2H3,(H2,18,22)(H,19,21). The van der Waals surface area contributed by atoms with Crippen molar-refractivity contribution < 1.29 is 22.7 Å². The summed E-state index contributed by atoms with van der Waals surface area (Å²) in [6, 6.07) is 12.5. The van der Waals surface area contributed by atoms with Gasteiger partial charge in [-0.25, -0.2) is 8.42 Å². The zero-order valence-corrected chi connectivity index (χ0v) is 15.1. The Morgan fingerprint density at radius 2 is 1.73 bits per heavy atom. The van der Waals surface area contributed by atoms with Crippen LogP contribution >= 0.6 is 0 Å². The summed E-state index contributed by atoms with van der Waals surface area (Å²) in [6.07, 6.45) is 1.00. The van der Waals surface area contributed by atoms with Gasteiger partial charge in [0.2, 0.25) is 15.9 Å². The van der Waals surface area contributed by atoms with Crippen molar-refractivity contribution in [3.63, 3.8) is 0 Å². The van der Waals surface area contributed by atoms with Gasteiger partial charge in [-0.05, 0) is 36.4 Å². The van der Waals surface area contributed by atoms with Crippen molar-refractivity contribution >= 4 is 33.2 Å². The number of nitrogens with one attached hydrogen (secondary N) is 1. The van der Waals surface area contributed by atoms with Gasteiger partial charge in [0.1, 0.15) is 12.3 Å². The molecule has 2 amide bonds. The van der Waals surface area contributed by atoms with Gasteiger partial charge < -0.3 is 15.8 Å². The second-order valence-electron chi connectivity index (χ2n) is 5.43. The Kier molecular flexibility index (Phi) is 5.83. The zero-order chi connectivity index (χ0) is 19.3. The Bertz CT molecular complexity index is 910. The molecule has 0 spiro atoms. The number of rotatable bonds is 7. The van der Waals surface area contributed by atoms with Gasteiger partial charge in [-0.15, -0.1) is 0 Å². The lowest BCUT2D eigenvalue weighted by Gasteiger charge is -2.22. The molecule has 0 heterocycles. The zero-order valence-electron chi connectivity index (χ0n) is 14.3. The molecule has 0 aromatic heterocycles. The van der Waals surface area contributed by atoms with E-state index in [0.717, 1.165) is 10.6 Å². The molecule has 0 atom stereocenters. The molecule has 0 saturated carbocycles. The molecule has 0 bridgehead atoms. The molecule has 0 fully saturated rings. The minimum atomic E-state index is -3.71. The fraction of sp³-hybridized carbons (Fsp3) is 0.176. The molecule has 0 radical (unpaired) electrons. The summed E-state index contributed by atoms with van der Waals surface area (Å²) in [6.45, 7) is -0.460. The van der Waals surface area contributed by atoms with E-state index in [2.05, 4.69) is 5.32 Å². The van der Waals surface area contributed by atoms with Gasteiger partial charge in [0, 0.05) is 0 Å². The van der Waals surface area contributed by atoms with Crippen LogP contribution in [0.5, 0.6) is 5.75 Å². The summed E-state index contributed by atoms with van der Waals surface area (Å²) >= 11 is 0. The summed E-state index contributed by atoms with van der Waals surface area (Å²) in [4.78, 5) is 23.8. The van der Waals surface area contributed by atoms with E-state index in [0.29, 0.717) is 11.4 Å². The first-order chi connectivity index (χ1) is 12.2. The van der Waals surface area contributed by atoms with E-state index in [4.69, 9.17) is 10.5 Å². The number of ether oxygens (including phenoxy) is 1. The number of para-hydroxylation sites is 1. The number of hydrogen-bond acceptors (Lipinski definition) is 5. The highest BCUT2D eigenvalue weighted by molar-refractivity contribution is 7.92. The molecule has 3 N–H and O–H groups in total. The summed E-state index contributed by atoms with van der Waals surface area (Å²) in [5.74, 6) is -0.752. The molecule has 0 saturated heterocycles. The number of amides is 2. The van der Waals surface area contributed by atoms with E-state index in [1.165, 1.54) is 31.4 Å². The molecule has 2 aromatic rings. The number of nitrogens with zero attached hydrogens (tertiary/aromatic N) is 1. The van der Waals surface area contributed by atoms with Gasteiger partial charge >= 0.3 is 0 Å². The third kappa shape index (κ3) is 4.73. The second kappa shape index (κ2) is 7.87. The van der Waals surface area contributed by atoms with Crippen molar-refractivity contribution in [2.75, 3.05) is 29.5 Å². The highest BCUT2D eigenvalue weighted by Gasteiger charge is 2.21. The molecule has 2 rings (SSSR count). The predicted octanol–water partition coefficient (Wildman–Crippen LogP) is 1.20. The van der Waals surface area contributed by atoms with Gasteiger partial charge in [-0.1, -0.05) is 12.1 Å². The van der Waals surface area contributed by atoms with E-state index < -0.39 is 28.4 Å². The fourth-order valence-electron chi connectivity index (χ4n) is 2.28. The summed E-state index contributed by atoms with van der Waals surface area (Å²) in [7, 11) is -2.22. The third-order valence-electron chi connectivity index (χ3n) is 3.51. The van der Waals surface area contributed by atoms with Crippen LogP contribution < -0.4 is 20.1 Å². The SMILES string of the molecule is COc1ccc(N(CC(=O)Nc2ccccc2C(N)=O)S(C)(=O)=O)cc1. The lowest BCUT2D eigenvalue weighted by Crippen LogP contribution is -2.37. The lowest BCUT2D eigenvalue weighted by molar-refractivity contribution is -0.114. The molecule has 26 heavy (non-hydrogen) atoms. The smallest absolute Gasteiger partial charge is 0.250 e. The highest BCUT2D eigenvalue weighted by Crippen LogP contribution is 2.22. The first-order valence-corrected chi connectivity index (χ1v) is 9.37. The quantitative estimate of drug-likeness (QED) is 0.751. The summed E-state index contributed by atoms with van der Waals surface area (Å²) in [5.41, 5.74) is 5.93. The van der Waals surface area contributed by atoms with E-state index in [9.17, 15) is 18.0 Å². The van der Waals surface area contributed by atoms with E-state index in [1.807, 2.05) is 0 Å². The maximum Gasteiger partial charge on any atom is 0.250 e. The molecule has 138 valence electrons. The first kappa shape index (κ1) is 19.3. The first-order valence-electron chi connectivity index (χ1n) is 7.53. The van der Waals surface area contributed by atoms with Gasteiger partial charge in [0.15, 0.2) is 0 Å². The van der Waals surface area contributed by atoms with Crippen LogP contribution in [0.15, 0.2) is 48.5 Å². The summed E-state index contributed by atoms with van der Waals surface area (Å²) < 4.78 is 30.2. The Morgan fingerprint density at radius 3 is 2.27 bits per heavy atom. The largest absolute Gasteiger partial charge is 0.497 e. The molecular weight excluding hydrogens is 358 g/mol. The molecule has 9 heteroatoms. The van der Waals surface area contributed by atoms with Crippen LogP contribution in [0.1, 0.15) is 10.4 Å². The molecule has 0 aliphatic rings. The fourth-order valence-corrected chi connectivity index (χ4v) is 3.13. The number of anilines is 2. The Hall–Kier alpha value is -3.07. The number of primary amides is 1. The van der Waals surface area contributed by atoms with Crippen molar-refractivity contribution in [2.24, 2.45) is 5.73 Å². The van der Waals surface area contributed by atoms with Crippen LogP contribution in [0.3, 0.4) is 0 Å². The minimum absolute atomic E-state index is 0.135. The van der Waals surface area contributed by atoms with Crippen molar-refractivity contribution in [3.8, 4) is 5.75 Å². The monoisotopic (exact) mass is 377 g/mol. The average molecular weight is 377 g/mol. The van der Waals surface area contributed by atoms with Crippen LogP contribution in [-0.2, 0) is 14.8 Å². The van der Waals surface area contributed by atoms with Crippen molar-refractivity contribution in [2.45, 2.75) is 0 Å². The topological polar surface area (TPSA) is 119 Å². The number of methoxy groups -OCH3 is 1. The maximum absolute atomic E-state index is 12.3. The number of benzene rings is 2. The van der Waals surface area contributed by atoms with Crippen LogP contribution in [0.2, 0.25) is 0 Å². The third-order valence-corrected chi connectivity index (χ3v) is 4.66. The predicted molar refractivity (Wildman–Crippen MR) is 98.8 cm³/mol. The number of hydrogen-bond donors (Lipinski definition) is 2. The molecular formula is C17H19N3O5S. The Labute approximate surface area is 151 Å². The highest BCUT2D eigenvalue weighted by atomic mass is 32.2. The van der Waals surface area contributed by atoms with Crippen LogP contribution in [0.25, 0.3) is 0 Å². The number of nitrogens with two attached hydrogens (primary N) is 1. The molecule has 0 aliphatic heterocycles. The molecule has 0 aliphatic carbocycles. The Balaban J connectivity index is 2.24. The summed E-state index contributed by atoms with van der Waals surface area (Å²) in [5, 5.41) is 2.52. The molecule has 8 nitrogen and oxygen atoms in total. The van der Waals surface area contributed by atoms with Crippen LogP contribution in [-0.4, -0.2) is 40.1 Å². The van der Waals surface area contributed by atoms with Crippen molar-refractivity contribution in [1.29, 1.82) is 0 Å². The van der Waals surface area contributed by atoms with Crippen molar-refractivity contribution in [1.82, 2.24) is 0 Å². The van der Waals surface area contributed by atoms with E-state index >= 15 is 0 Å². The minimum Gasteiger partial charge on any atom is -0.497 e.